The number of ether oxygens (including phenoxy) is 1. The number of anilines is 2. The molecule has 0 aromatic heterocycles. The SMILES string of the molecule is CCCN(C)c1ccc(C=NNC(=S)Nc2ccc(OC)cc2)cc1. The van der Waals surface area contributed by atoms with E-state index >= 15 is 0 Å². The number of thiocarbonyl (C=S) groups is 1. The summed E-state index contributed by atoms with van der Waals surface area (Å²) in [6.07, 6.45) is 2.87. The number of rotatable bonds is 7. The number of hydrogen-bond donors (Lipinski definition) is 2. The fraction of sp³-hybridized carbons (Fsp3) is 0.263. The Balaban J connectivity index is 1.84. The van der Waals surface area contributed by atoms with Crippen LogP contribution >= 0.6 is 12.2 Å². The van der Waals surface area contributed by atoms with Crippen LogP contribution in [0, 0.1) is 0 Å². The van der Waals surface area contributed by atoms with Gasteiger partial charge in [-0.2, -0.15) is 5.10 Å². The smallest absolute Gasteiger partial charge is 0.191 e. The molecule has 0 amide bonds. The van der Waals surface area contributed by atoms with Crippen LogP contribution in [-0.4, -0.2) is 32.0 Å². The Labute approximate surface area is 154 Å². The van der Waals surface area contributed by atoms with E-state index in [4.69, 9.17) is 17.0 Å². The number of methoxy groups -OCH3 is 1. The molecule has 0 aliphatic rings. The minimum Gasteiger partial charge on any atom is -0.497 e. The summed E-state index contributed by atoms with van der Waals surface area (Å²) in [7, 11) is 3.73. The average Bonchev–Trinajstić information content (AvgIpc) is 2.63. The van der Waals surface area contributed by atoms with E-state index in [0.717, 1.165) is 30.0 Å². The molecule has 0 spiro atoms. The molecule has 0 radical (unpaired) electrons. The lowest BCUT2D eigenvalue weighted by Crippen LogP contribution is -2.23. The third-order valence-corrected chi connectivity index (χ3v) is 3.81. The van der Waals surface area contributed by atoms with Crippen molar-refractivity contribution in [2.45, 2.75) is 13.3 Å². The summed E-state index contributed by atoms with van der Waals surface area (Å²) < 4.78 is 5.12. The molecule has 0 heterocycles. The summed E-state index contributed by atoms with van der Waals surface area (Å²) in [6.45, 7) is 3.21. The van der Waals surface area contributed by atoms with Gasteiger partial charge in [0.05, 0.1) is 13.3 Å². The van der Waals surface area contributed by atoms with Gasteiger partial charge in [0.15, 0.2) is 5.11 Å². The average molecular weight is 356 g/mol. The first-order valence-corrected chi connectivity index (χ1v) is 8.58. The zero-order chi connectivity index (χ0) is 18.1. The lowest BCUT2D eigenvalue weighted by molar-refractivity contribution is 0.415. The van der Waals surface area contributed by atoms with Crippen LogP contribution < -0.4 is 20.4 Å². The largest absolute Gasteiger partial charge is 0.497 e. The van der Waals surface area contributed by atoms with Crippen molar-refractivity contribution in [3.63, 3.8) is 0 Å². The Kier molecular flexibility index (Phi) is 7.22. The number of hydrogen-bond acceptors (Lipinski definition) is 4. The van der Waals surface area contributed by atoms with Crippen LogP contribution in [0.3, 0.4) is 0 Å². The second-order valence-electron chi connectivity index (χ2n) is 5.57. The van der Waals surface area contributed by atoms with Crippen molar-refractivity contribution in [1.29, 1.82) is 0 Å². The van der Waals surface area contributed by atoms with Crippen LogP contribution in [0.25, 0.3) is 0 Å². The Hall–Kier alpha value is -2.60. The fourth-order valence-corrected chi connectivity index (χ4v) is 2.45. The lowest BCUT2D eigenvalue weighted by Gasteiger charge is -2.18. The molecule has 2 aromatic carbocycles. The first-order valence-electron chi connectivity index (χ1n) is 8.17. The summed E-state index contributed by atoms with van der Waals surface area (Å²) in [5.41, 5.74) is 5.89. The molecule has 0 saturated carbocycles. The summed E-state index contributed by atoms with van der Waals surface area (Å²) in [5.74, 6) is 0.801. The molecule has 0 saturated heterocycles. The van der Waals surface area contributed by atoms with E-state index < -0.39 is 0 Å². The highest BCUT2D eigenvalue weighted by Gasteiger charge is 1.99. The van der Waals surface area contributed by atoms with Gasteiger partial charge in [-0.05, 0) is 60.6 Å². The third-order valence-electron chi connectivity index (χ3n) is 3.62. The molecule has 6 heteroatoms. The molecular formula is C19H24N4OS. The minimum atomic E-state index is 0.431. The maximum absolute atomic E-state index is 5.22. The van der Waals surface area contributed by atoms with Crippen molar-refractivity contribution >= 4 is 34.9 Å². The highest BCUT2D eigenvalue weighted by Crippen LogP contribution is 2.15. The molecule has 132 valence electrons. The van der Waals surface area contributed by atoms with E-state index in [1.54, 1.807) is 13.3 Å². The van der Waals surface area contributed by atoms with Crippen LogP contribution in [0.1, 0.15) is 18.9 Å². The Bertz CT molecular complexity index is 698. The molecule has 0 unspecified atom stereocenters. The Morgan fingerprint density at radius 1 is 1.16 bits per heavy atom. The predicted octanol–water partition coefficient (Wildman–Crippen LogP) is 3.86. The van der Waals surface area contributed by atoms with E-state index in [0.29, 0.717) is 5.11 Å². The maximum Gasteiger partial charge on any atom is 0.191 e. The highest BCUT2D eigenvalue weighted by molar-refractivity contribution is 7.80. The van der Waals surface area contributed by atoms with Crippen molar-refractivity contribution in [1.82, 2.24) is 5.43 Å². The van der Waals surface area contributed by atoms with Crippen LogP contribution in [-0.2, 0) is 0 Å². The van der Waals surface area contributed by atoms with Gasteiger partial charge in [0.25, 0.3) is 0 Å². The quantitative estimate of drug-likeness (QED) is 0.448. The molecule has 0 atom stereocenters. The van der Waals surface area contributed by atoms with Gasteiger partial charge in [-0.1, -0.05) is 19.1 Å². The highest BCUT2D eigenvalue weighted by atomic mass is 32.1. The summed E-state index contributed by atoms with van der Waals surface area (Å²) in [6, 6.07) is 15.8. The van der Waals surface area contributed by atoms with Gasteiger partial charge in [-0.25, -0.2) is 0 Å². The number of benzene rings is 2. The normalized spacial score (nSPS) is 10.5. The number of hydrazone groups is 1. The second kappa shape index (κ2) is 9.64. The molecule has 5 nitrogen and oxygen atoms in total. The molecule has 2 N–H and O–H groups in total. The zero-order valence-electron chi connectivity index (χ0n) is 14.8. The van der Waals surface area contributed by atoms with Gasteiger partial charge in [0, 0.05) is 25.0 Å². The van der Waals surface area contributed by atoms with Gasteiger partial charge < -0.3 is 15.0 Å². The van der Waals surface area contributed by atoms with E-state index in [-0.39, 0.29) is 0 Å². The molecular weight excluding hydrogens is 332 g/mol. The first kappa shape index (κ1) is 18.7. The van der Waals surface area contributed by atoms with Crippen LogP contribution in [0.5, 0.6) is 5.75 Å². The maximum atomic E-state index is 5.22. The molecule has 2 rings (SSSR count). The zero-order valence-corrected chi connectivity index (χ0v) is 15.6. The van der Waals surface area contributed by atoms with E-state index in [1.165, 1.54) is 5.69 Å². The van der Waals surface area contributed by atoms with Crippen LogP contribution in [0.2, 0.25) is 0 Å². The monoisotopic (exact) mass is 356 g/mol. The van der Waals surface area contributed by atoms with E-state index in [1.807, 2.05) is 36.4 Å². The van der Waals surface area contributed by atoms with Crippen molar-refractivity contribution in [3.8, 4) is 5.75 Å². The van der Waals surface area contributed by atoms with Crippen molar-refractivity contribution in [3.05, 3.63) is 54.1 Å². The standard InChI is InChI=1S/C19H24N4OS/c1-4-13-23(2)17-9-5-15(6-10-17)14-20-22-19(25)21-16-7-11-18(24-3)12-8-16/h5-12,14H,4,13H2,1-3H3,(H2,21,22,25). The Morgan fingerprint density at radius 3 is 2.44 bits per heavy atom. The van der Waals surface area contributed by atoms with Gasteiger partial charge in [0.2, 0.25) is 0 Å². The predicted molar refractivity (Wildman–Crippen MR) is 110 cm³/mol. The lowest BCUT2D eigenvalue weighted by atomic mass is 10.2. The molecule has 2 aromatic rings. The fourth-order valence-electron chi connectivity index (χ4n) is 2.28. The minimum absolute atomic E-state index is 0.431. The van der Waals surface area contributed by atoms with E-state index in [9.17, 15) is 0 Å². The van der Waals surface area contributed by atoms with Crippen molar-refractivity contribution in [2.24, 2.45) is 5.10 Å². The van der Waals surface area contributed by atoms with Gasteiger partial charge in [-0.3, -0.25) is 5.43 Å². The van der Waals surface area contributed by atoms with Crippen LogP contribution in [0.15, 0.2) is 53.6 Å². The molecule has 0 fully saturated rings. The number of nitrogens with one attached hydrogen (secondary N) is 2. The first-order chi connectivity index (χ1) is 12.1. The topological polar surface area (TPSA) is 48.9 Å². The second-order valence-corrected chi connectivity index (χ2v) is 5.97. The Morgan fingerprint density at radius 2 is 1.84 bits per heavy atom. The van der Waals surface area contributed by atoms with Crippen LogP contribution in [0.4, 0.5) is 11.4 Å². The molecule has 25 heavy (non-hydrogen) atoms. The summed E-state index contributed by atoms with van der Waals surface area (Å²) in [4.78, 5) is 2.23. The molecule has 0 aliphatic heterocycles. The molecule has 0 aliphatic carbocycles. The summed E-state index contributed by atoms with van der Waals surface area (Å²) >= 11 is 5.22. The van der Waals surface area contributed by atoms with E-state index in [2.05, 4.69) is 46.8 Å². The third kappa shape index (κ3) is 6.08. The van der Waals surface area contributed by atoms with Crippen molar-refractivity contribution in [2.75, 3.05) is 30.9 Å². The van der Waals surface area contributed by atoms with Crippen molar-refractivity contribution < 1.29 is 4.74 Å². The number of nitrogens with zero attached hydrogens (tertiary/aromatic N) is 2. The summed E-state index contributed by atoms with van der Waals surface area (Å²) in [5, 5.41) is 7.66. The van der Waals surface area contributed by atoms with Gasteiger partial charge in [-0.15, -0.1) is 0 Å². The molecule has 0 bridgehead atoms. The van der Waals surface area contributed by atoms with Gasteiger partial charge in [0.1, 0.15) is 5.75 Å². The van der Waals surface area contributed by atoms with Gasteiger partial charge >= 0.3 is 0 Å².